The fourth-order valence-corrected chi connectivity index (χ4v) is 2.30. The molecule has 3 unspecified atom stereocenters. The molecule has 0 aromatic carbocycles. The van der Waals surface area contributed by atoms with Crippen molar-refractivity contribution < 1.29 is 19.5 Å². The zero-order valence-electron chi connectivity index (χ0n) is 11.3. The van der Waals surface area contributed by atoms with Crippen molar-refractivity contribution in [2.45, 2.75) is 45.2 Å². The van der Waals surface area contributed by atoms with Crippen molar-refractivity contribution in [1.29, 1.82) is 0 Å². The van der Waals surface area contributed by atoms with Gasteiger partial charge in [0.15, 0.2) is 0 Å². The highest BCUT2D eigenvalue weighted by Gasteiger charge is 2.38. The zero-order valence-corrected chi connectivity index (χ0v) is 11.3. The summed E-state index contributed by atoms with van der Waals surface area (Å²) in [5.41, 5.74) is 5.08. The van der Waals surface area contributed by atoms with Gasteiger partial charge in [0, 0.05) is 6.54 Å². The van der Waals surface area contributed by atoms with Gasteiger partial charge in [-0.15, -0.1) is 0 Å². The molecule has 1 heterocycles. The summed E-state index contributed by atoms with van der Waals surface area (Å²) in [7, 11) is 0. The van der Waals surface area contributed by atoms with Gasteiger partial charge in [0.1, 0.15) is 12.1 Å². The number of amides is 3. The Bertz CT molecular complexity index is 372. The van der Waals surface area contributed by atoms with Gasteiger partial charge in [-0.05, 0) is 18.8 Å². The molecule has 108 valence electrons. The van der Waals surface area contributed by atoms with Gasteiger partial charge in [0.2, 0.25) is 5.91 Å². The van der Waals surface area contributed by atoms with Crippen LogP contribution in [0.5, 0.6) is 0 Å². The normalized spacial score (nSPS) is 21.8. The molecule has 0 aromatic rings. The number of urea groups is 1. The molecule has 1 fully saturated rings. The molecule has 0 aliphatic carbocycles. The quantitative estimate of drug-likeness (QED) is 0.660. The molecule has 1 rings (SSSR count). The lowest BCUT2D eigenvalue weighted by Gasteiger charge is -2.29. The molecular formula is C12H21N3O4. The van der Waals surface area contributed by atoms with Crippen molar-refractivity contribution in [2.75, 3.05) is 6.54 Å². The number of nitrogens with one attached hydrogen (secondary N) is 1. The number of nitrogens with two attached hydrogens (primary N) is 1. The number of rotatable bonds is 5. The van der Waals surface area contributed by atoms with Gasteiger partial charge in [0.05, 0.1) is 0 Å². The van der Waals surface area contributed by atoms with Gasteiger partial charge in [-0.1, -0.05) is 20.3 Å². The summed E-state index contributed by atoms with van der Waals surface area (Å²) in [4.78, 5) is 35.8. The van der Waals surface area contributed by atoms with Crippen LogP contribution in [0.25, 0.3) is 0 Å². The van der Waals surface area contributed by atoms with Crippen LogP contribution >= 0.6 is 0 Å². The first-order chi connectivity index (χ1) is 8.88. The molecule has 0 radical (unpaired) electrons. The molecule has 1 aliphatic heterocycles. The first-order valence-corrected chi connectivity index (χ1v) is 6.47. The maximum absolute atomic E-state index is 12.4. The fourth-order valence-electron chi connectivity index (χ4n) is 2.30. The summed E-state index contributed by atoms with van der Waals surface area (Å²) in [5, 5.41) is 11.5. The molecule has 7 nitrogen and oxygen atoms in total. The topological polar surface area (TPSA) is 113 Å². The highest BCUT2D eigenvalue weighted by Crippen LogP contribution is 2.21. The second kappa shape index (κ2) is 6.40. The fraction of sp³-hybridized carbons (Fsp3) is 0.750. The third-order valence-electron chi connectivity index (χ3n) is 3.60. The molecule has 1 saturated heterocycles. The minimum absolute atomic E-state index is 0.102. The maximum Gasteiger partial charge on any atom is 0.326 e. The summed E-state index contributed by atoms with van der Waals surface area (Å²) < 4.78 is 0. The highest BCUT2D eigenvalue weighted by atomic mass is 16.4. The number of hydrogen-bond acceptors (Lipinski definition) is 3. The molecule has 0 saturated carbocycles. The number of aliphatic carboxylic acids is 1. The van der Waals surface area contributed by atoms with E-state index in [2.05, 4.69) is 5.32 Å². The highest BCUT2D eigenvalue weighted by molar-refractivity contribution is 5.90. The van der Waals surface area contributed by atoms with Crippen LogP contribution in [0.1, 0.15) is 33.1 Å². The van der Waals surface area contributed by atoms with E-state index in [1.54, 1.807) is 0 Å². The number of primary amides is 1. The third-order valence-corrected chi connectivity index (χ3v) is 3.60. The summed E-state index contributed by atoms with van der Waals surface area (Å²) >= 11 is 0. The molecule has 19 heavy (non-hydrogen) atoms. The monoisotopic (exact) mass is 271 g/mol. The Labute approximate surface area is 112 Å². The number of carboxylic acid groups (broad SMARTS) is 1. The minimum atomic E-state index is -1.01. The predicted octanol–water partition coefficient (Wildman–Crippen LogP) is 0.145. The van der Waals surface area contributed by atoms with E-state index in [0.717, 1.165) is 0 Å². The molecule has 0 aromatic heterocycles. The molecule has 4 N–H and O–H groups in total. The van der Waals surface area contributed by atoms with Crippen molar-refractivity contribution in [3.8, 4) is 0 Å². The minimum Gasteiger partial charge on any atom is -0.480 e. The second-order valence-corrected chi connectivity index (χ2v) is 4.90. The lowest BCUT2D eigenvalue weighted by atomic mass is 9.97. The van der Waals surface area contributed by atoms with E-state index >= 15 is 0 Å². The van der Waals surface area contributed by atoms with E-state index in [-0.39, 0.29) is 11.8 Å². The molecule has 0 bridgehead atoms. The van der Waals surface area contributed by atoms with Crippen molar-refractivity contribution in [2.24, 2.45) is 11.7 Å². The van der Waals surface area contributed by atoms with Crippen molar-refractivity contribution in [3.05, 3.63) is 0 Å². The summed E-state index contributed by atoms with van der Waals surface area (Å²) in [6.07, 6.45) is 1.79. The molecule has 0 spiro atoms. The Balaban J connectivity index is 2.86. The lowest BCUT2D eigenvalue weighted by molar-refractivity contribution is -0.149. The third kappa shape index (κ3) is 3.59. The molecular weight excluding hydrogens is 250 g/mol. The van der Waals surface area contributed by atoms with E-state index in [1.165, 1.54) is 4.90 Å². The van der Waals surface area contributed by atoms with Gasteiger partial charge in [0.25, 0.3) is 0 Å². The van der Waals surface area contributed by atoms with Gasteiger partial charge in [-0.25, -0.2) is 9.59 Å². The van der Waals surface area contributed by atoms with E-state index < -0.39 is 24.1 Å². The molecule has 3 atom stereocenters. The first kappa shape index (κ1) is 15.3. The lowest BCUT2D eigenvalue weighted by Crippen LogP contribution is -2.55. The Kier molecular flexibility index (Phi) is 5.14. The second-order valence-electron chi connectivity index (χ2n) is 4.90. The smallest absolute Gasteiger partial charge is 0.326 e. The maximum atomic E-state index is 12.4. The van der Waals surface area contributed by atoms with E-state index in [0.29, 0.717) is 25.8 Å². The van der Waals surface area contributed by atoms with Crippen molar-refractivity contribution >= 4 is 17.9 Å². The average molecular weight is 271 g/mol. The SMILES string of the molecule is CCC(C)C(NC(N)=O)C(=O)N1CCCC1C(=O)O. The van der Waals surface area contributed by atoms with Crippen LogP contribution in [0, 0.1) is 5.92 Å². The van der Waals surface area contributed by atoms with Crippen molar-refractivity contribution in [3.63, 3.8) is 0 Å². The van der Waals surface area contributed by atoms with Crippen LogP contribution in [-0.4, -0.2) is 46.5 Å². The van der Waals surface area contributed by atoms with Gasteiger partial charge < -0.3 is 21.1 Å². The zero-order chi connectivity index (χ0) is 14.6. The number of carbonyl (C=O) groups is 3. The Morgan fingerprint density at radius 2 is 2.11 bits per heavy atom. The van der Waals surface area contributed by atoms with Gasteiger partial charge >= 0.3 is 12.0 Å². The van der Waals surface area contributed by atoms with Crippen LogP contribution in [-0.2, 0) is 9.59 Å². The van der Waals surface area contributed by atoms with E-state index in [4.69, 9.17) is 10.8 Å². The first-order valence-electron chi connectivity index (χ1n) is 6.47. The van der Waals surface area contributed by atoms with Gasteiger partial charge in [-0.3, -0.25) is 4.79 Å². The van der Waals surface area contributed by atoms with Crippen molar-refractivity contribution in [1.82, 2.24) is 10.2 Å². The summed E-state index contributed by atoms with van der Waals surface area (Å²) in [5.74, 6) is -1.47. The number of likely N-dealkylation sites (tertiary alicyclic amines) is 1. The van der Waals surface area contributed by atoms with Crippen LogP contribution in [0.3, 0.4) is 0 Å². The molecule has 7 heteroatoms. The summed E-state index contributed by atoms with van der Waals surface area (Å²) in [6.45, 7) is 4.12. The largest absolute Gasteiger partial charge is 0.480 e. The number of nitrogens with zero attached hydrogens (tertiary/aromatic N) is 1. The molecule has 3 amide bonds. The van der Waals surface area contributed by atoms with E-state index in [1.807, 2.05) is 13.8 Å². The summed E-state index contributed by atoms with van der Waals surface area (Å²) in [6, 6.07) is -2.33. The van der Waals surface area contributed by atoms with Gasteiger partial charge in [-0.2, -0.15) is 0 Å². The Morgan fingerprint density at radius 3 is 2.58 bits per heavy atom. The van der Waals surface area contributed by atoms with E-state index in [9.17, 15) is 14.4 Å². The Hall–Kier alpha value is -1.79. The molecule has 1 aliphatic rings. The van der Waals surface area contributed by atoms with Crippen LogP contribution in [0.2, 0.25) is 0 Å². The predicted molar refractivity (Wildman–Crippen MR) is 68.3 cm³/mol. The number of carboxylic acids is 1. The van der Waals surface area contributed by atoms with Crippen LogP contribution in [0.15, 0.2) is 0 Å². The Morgan fingerprint density at radius 1 is 1.47 bits per heavy atom. The number of hydrogen-bond donors (Lipinski definition) is 3. The van der Waals surface area contributed by atoms with Crippen LogP contribution in [0.4, 0.5) is 4.79 Å². The standard InChI is InChI=1S/C12H21N3O4/c1-3-7(2)9(14-12(13)19)10(16)15-6-4-5-8(15)11(17)18/h7-9H,3-6H2,1-2H3,(H,17,18)(H3,13,14,19). The van der Waals surface area contributed by atoms with Crippen LogP contribution < -0.4 is 11.1 Å². The number of carbonyl (C=O) groups excluding carboxylic acids is 2. The average Bonchev–Trinajstić information content (AvgIpc) is 2.83.